The van der Waals surface area contributed by atoms with E-state index >= 15 is 0 Å². The first kappa shape index (κ1) is 16.7. The summed E-state index contributed by atoms with van der Waals surface area (Å²) in [6.07, 6.45) is 2.10. The summed E-state index contributed by atoms with van der Waals surface area (Å²) in [6, 6.07) is 5.81. The van der Waals surface area contributed by atoms with Crippen molar-refractivity contribution in [3.63, 3.8) is 0 Å². The normalized spacial score (nSPS) is 12.2. The molecule has 1 amide bonds. The molecule has 2 N–H and O–H groups in total. The number of nitrogens with zero attached hydrogens (tertiary/aromatic N) is 3. The Kier molecular flexibility index (Phi) is 5.10. The Morgan fingerprint density at radius 3 is 2.43 bits per heavy atom. The lowest BCUT2D eigenvalue weighted by Gasteiger charge is -2.20. The fourth-order valence-electron chi connectivity index (χ4n) is 2.42. The number of carbonyl (C=O) groups is 2. The van der Waals surface area contributed by atoms with E-state index in [9.17, 15) is 14.7 Å². The van der Waals surface area contributed by atoms with Crippen molar-refractivity contribution in [1.29, 1.82) is 0 Å². The van der Waals surface area contributed by atoms with Crippen LogP contribution in [0, 0.1) is 5.92 Å². The zero-order valence-electron chi connectivity index (χ0n) is 13.4. The topological polar surface area (TPSA) is 97.1 Å². The molecule has 2 aromatic rings. The average molecular weight is 316 g/mol. The Morgan fingerprint density at radius 1 is 1.26 bits per heavy atom. The van der Waals surface area contributed by atoms with Crippen LogP contribution >= 0.6 is 0 Å². The molecule has 23 heavy (non-hydrogen) atoms. The highest BCUT2D eigenvalue weighted by Gasteiger charge is 2.23. The van der Waals surface area contributed by atoms with E-state index in [2.05, 4.69) is 15.4 Å². The standard InChI is InChI=1S/C16H20N4O3/c1-10(2)8-13(14-17-9-18-20(14)3)19-15(21)11-6-4-5-7-12(11)16(22)23/h4-7,9-10,13H,8H2,1-3H3,(H,19,21)(H,22,23). The van der Waals surface area contributed by atoms with Crippen LogP contribution < -0.4 is 5.32 Å². The third-order valence-electron chi connectivity index (χ3n) is 3.47. The molecule has 7 heteroatoms. The number of benzene rings is 1. The van der Waals surface area contributed by atoms with Crippen molar-refractivity contribution in [2.24, 2.45) is 13.0 Å². The molecule has 0 fully saturated rings. The molecule has 7 nitrogen and oxygen atoms in total. The van der Waals surface area contributed by atoms with E-state index in [0.717, 1.165) is 0 Å². The number of amides is 1. The second kappa shape index (κ2) is 7.04. The van der Waals surface area contributed by atoms with Gasteiger partial charge < -0.3 is 10.4 Å². The zero-order valence-corrected chi connectivity index (χ0v) is 13.4. The van der Waals surface area contributed by atoms with E-state index < -0.39 is 11.9 Å². The predicted molar refractivity (Wildman–Crippen MR) is 84.1 cm³/mol. The largest absolute Gasteiger partial charge is 0.478 e. The number of nitrogens with one attached hydrogen (secondary N) is 1. The number of aromatic nitrogens is 3. The summed E-state index contributed by atoms with van der Waals surface area (Å²) in [6.45, 7) is 4.08. The van der Waals surface area contributed by atoms with E-state index in [1.54, 1.807) is 23.9 Å². The number of rotatable bonds is 6. The number of aryl methyl sites for hydroxylation is 1. The van der Waals surface area contributed by atoms with Crippen molar-refractivity contribution in [1.82, 2.24) is 20.1 Å². The van der Waals surface area contributed by atoms with Crippen LogP contribution in [0.3, 0.4) is 0 Å². The lowest BCUT2D eigenvalue weighted by Crippen LogP contribution is -2.32. The van der Waals surface area contributed by atoms with Crippen LogP contribution in [-0.2, 0) is 7.05 Å². The van der Waals surface area contributed by atoms with Crippen LogP contribution in [0.2, 0.25) is 0 Å². The average Bonchev–Trinajstić information content (AvgIpc) is 2.92. The van der Waals surface area contributed by atoms with Crippen molar-refractivity contribution in [3.8, 4) is 0 Å². The highest BCUT2D eigenvalue weighted by molar-refractivity contribution is 6.04. The van der Waals surface area contributed by atoms with Gasteiger partial charge in [-0.3, -0.25) is 9.48 Å². The van der Waals surface area contributed by atoms with Gasteiger partial charge in [-0.1, -0.05) is 26.0 Å². The van der Waals surface area contributed by atoms with Gasteiger partial charge in [0.1, 0.15) is 12.2 Å². The molecule has 0 bridgehead atoms. The number of carbonyl (C=O) groups excluding carboxylic acids is 1. The summed E-state index contributed by atoms with van der Waals surface area (Å²) in [5.41, 5.74) is 0.113. The molecule has 1 heterocycles. The molecule has 0 saturated carbocycles. The Hall–Kier alpha value is -2.70. The van der Waals surface area contributed by atoms with Crippen molar-refractivity contribution in [3.05, 3.63) is 47.5 Å². The fourth-order valence-corrected chi connectivity index (χ4v) is 2.42. The molecule has 1 aromatic carbocycles. The van der Waals surface area contributed by atoms with E-state index in [4.69, 9.17) is 0 Å². The fraction of sp³-hybridized carbons (Fsp3) is 0.375. The van der Waals surface area contributed by atoms with Gasteiger partial charge in [0.2, 0.25) is 0 Å². The molecule has 1 atom stereocenters. The van der Waals surface area contributed by atoms with Crippen LogP contribution in [0.25, 0.3) is 0 Å². The third kappa shape index (κ3) is 3.94. The van der Waals surface area contributed by atoms with Gasteiger partial charge in [-0.2, -0.15) is 5.10 Å². The summed E-state index contributed by atoms with van der Waals surface area (Å²) in [7, 11) is 1.76. The van der Waals surface area contributed by atoms with E-state index in [-0.39, 0.29) is 17.2 Å². The number of carboxylic acid groups (broad SMARTS) is 1. The van der Waals surface area contributed by atoms with Gasteiger partial charge in [0, 0.05) is 7.05 Å². The third-order valence-corrected chi connectivity index (χ3v) is 3.47. The maximum absolute atomic E-state index is 12.5. The predicted octanol–water partition coefficient (Wildman–Crippen LogP) is 2.03. The van der Waals surface area contributed by atoms with E-state index in [1.807, 2.05) is 13.8 Å². The van der Waals surface area contributed by atoms with Crippen molar-refractivity contribution < 1.29 is 14.7 Å². The minimum absolute atomic E-state index is 0.0220. The lowest BCUT2D eigenvalue weighted by atomic mass is 10.0. The van der Waals surface area contributed by atoms with Gasteiger partial charge in [0.15, 0.2) is 0 Å². The minimum atomic E-state index is -1.13. The Balaban J connectivity index is 2.28. The van der Waals surface area contributed by atoms with Gasteiger partial charge in [0.25, 0.3) is 5.91 Å². The maximum Gasteiger partial charge on any atom is 0.336 e. The van der Waals surface area contributed by atoms with Gasteiger partial charge >= 0.3 is 5.97 Å². The summed E-state index contributed by atoms with van der Waals surface area (Å²) < 4.78 is 1.61. The molecule has 0 spiro atoms. The van der Waals surface area contributed by atoms with Crippen molar-refractivity contribution in [2.75, 3.05) is 0 Å². The van der Waals surface area contributed by atoms with Gasteiger partial charge in [0.05, 0.1) is 17.2 Å². The van der Waals surface area contributed by atoms with Crippen LogP contribution in [0.5, 0.6) is 0 Å². The van der Waals surface area contributed by atoms with Gasteiger partial charge in [-0.15, -0.1) is 0 Å². The second-order valence-electron chi connectivity index (χ2n) is 5.75. The molecule has 0 aliphatic carbocycles. The Bertz CT molecular complexity index is 709. The molecule has 1 aromatic heterocycles. The van der Waals surface area contributed by atoms with Crippen LogP contribution in [0.4, 0.5) is 0 Å². The van der Waals surface area contributed by atoms with Crippen LogP contribution in [-0.4, -0.2) is 31.7 Å². The molecule has 122 valence electrons. The number of hydrogen-bond donors (Lipinski definition) is 2. The maximum atomic E-state index is 12.5. The van der Waals surface area contributed by atoms with Crippen LogP contribution in [0.1, 0.15) is 52.9 Å². The molecule has 2 rings (SSSR count). The highest BCUT2D eigenvalue weighted by Crippen LogP contribution is 2.20. The van der Waals surface area contributed by atoms with Crippen LogP contribution in [0.15, 0.2) is 30.6 Å². The van der Waals surface area contributed by atoms with Crippen molar-refractivity contribution >= 4 is 11.9 Å². The number of aromatic carboxylic acids is 1. The summed E-state index contributed by atoms with van der Waals surface area (Å²) in [4.78, 5) is 28.0. The summed E-state index contributed by atoms with van der Waals surface area (Å²) >= 11 is 0. The van der Waals surface area contributed by atoms with Crippen molar-refractivity contribution in [2.45, 2.75) is 26.3 Å². The lowest BCUT2D eigenvalue weighted by molar-refractivity contribution is 0.0690. The monoisotopic (exact) mass is 316 g/mol. The summed E-state index contributed by atoms with van der Waals surface area (Å²) in [5, 5.41) is 16.1. The van der Waals surface area contributed by atoms with Gasteiger partial charge in [-0.25, -0.2) is 9.78 Å². The zero-order chi connectivity index (χ0) is 17.0. The molecular formula is C16H20N4O3. The SMILES string of the molecule is CC(C)CC(NC(=O)c1ccccc1C(=O)O)c1ncnn1C. The first-order chi connectivity index (χ1) is 10.9. The minimum Gasteiger partial charge on any atom is -0.478 e. The van der Waals surface area contributed by atoms with E-state index in [0.29, 0.717) is 18.2 Å². The molecule has 0 aliphatic rings. The Labute approximate surface area is 134 Å². The number of hydrogen-bond acceptors (Lipinski definition) is 4. The van der Waals surface area contributed by atoms with E-state index in [1.165, 1.54) is 18.5 Å². The first-order valence-corrected chi connectivity index (χ1v) is 7.37. The Morgan fingerprint density at radius 2 is 1.91 bits per heavy atom. The smallest absolute Gasteiger partial charge is 0.336 e. The molecular weight excluding hydrogens is 296 g/mol. The highest BCUT2D eigenvalue weighted by atomic mass is 16.4. The number of carboxylic acids is 1. The molecule has 0 radical (unpaired) electrons. The van der Waals surface area contributed by atoms with Gasteiger partial charge in [-0.05, 0) is 24.5 Å². The molecule has 1 unspecified atom stereocenters. The first-order valence-electron chi connectivity index (χ1n) is 7.37. The second-order valence-corrected chi connectivity index (χ2v) is 5.75. The quantitative estimate of drug-likeness (QED) is 0.850. The molecule has 0 aliphatic heterocycles. The summed E-state index contributed by atoms with van der Waals surface area (Å²) in [5.74, 6) is -0.599. The molecule has 0 saturated heterocycles.